The van der Waals surface area contributed by atoms with Crippen LogP contribution in [0.3, 0.4) is 0 Å². The molecule has 1 heterocycles. The van der Waals surface area contributed by atoms with Gasteiger partial charge in [0.15, 0.2) is 0 Å². The second-order valence-electron chi connectivity index (χ2n) is 6.02. The van der Waals surface area contributed by atoms with Crippen molar-refractivity contribution in [3.05, 3.63) is 41.1 Å². The maximum atomic E-state index is 12.2. The van der Waals surface area contributed by atoms with E-state index >= 15 is 0 Å². The minimum Gasteiger partial charge on any atom is -0.480 e. The lowest BCUT2D eigenvalue weighted by Crippen LogP contribution is -2.46. The molecule has 0 aliphatic carbocycles. The summed E-state index contributed by atoms with van der Waals surface area (Å²) in [7, 11) is 0. The number of aliphatic carboxylic acids is 1. The molecule has 2 unspecified atom stereocenters. The molecular formula is C18H17N5O5. The number of carbonyl (C=O) groups is 3. The van der Waals surface area contributed by atoms with Crippen LogP contribution in [0.2, 0.25) is 0 Å². The topological polar surface area (TPSA) is 180 Å². The molecule has 0 aliphatic heterocycles. The fraction of sp³-hybridized carbons (Fsp3) is 0.278. The average molecular weight is 383 g/mol. The van der Waals surface area contributed by atoms with Crippen molar-refractivity contribution in [3.63, 3.8) is 0 Å². The average Bonchev–Trinajstić information content (AvgIpc) is 3.07. The lowest BCUT2D eigenvalue weighted by Gasteiger charge is -2.16. The van der Waals surface area contributed by atoms with Crippen LogP contribution >= 0.6 is 0 Å². The van der Waals surface area contributed by atoms with Crippen molar-refractivity contribution in [1.29, 1.82) is 5.26 Å². The lowest BCUT2D eigenvalue weighted by molar-refractivity contribution is -0.143. The number of benzene rings is 1. The van der Waals surface area contributed by atoms with Gasteiger partial charge in [-0.15, -0.1) is 0 Å². The number of Topliss-reactive ketones (excluding diaryl/α,β-unsaturated/α-hetero) is 1. The summed E-state index contributed by atoms with van der Waals surface area (Å²) in [5, 5.41) is 31.3. The van der Waals surface area contributed by atoms with Crippen molar-refractivity contribution < 1.29 is 29.4 Å². The summed E-state index contributed by atoms with van der Waals surface area (Å²) >= 11 is 0. The Morgan fingerprint density at radius 1 is 1.39 bits per heavy atom. The first-order valence-electron chi connectivity index (χ1n) is 8.28. The summed E-state index contributed by atoms with van der Waals surface area (Å²) in [4.78, 5) is 40.2. The normalized spacial score (nSPS) is 12.4. The minimum atomic E-state index is -1.53. The lowest BCUT2D eigenvalue weighted by atomic mass is 10.0. The first kappa shape index (κ1) is 20.5. The standard InChI is InChI=1S/C18H17N5O5/c19-7-10-2-1-3-13-11(8-21-16(10)13)6-15(25)17(26)23-14(18(27)28)5-4-12(24)9-22-20/h1-3,8-9,14-15,21,25H,4-6H2,(H,23,26)(H,27,28). The maximum Gasteiger partial charge on any atom is 0.326 e. The molecule has 0 spiro atoms. The van der Waals surface area contributed by atoms with Gasteiger partial charge in [-0.05, 0) is 18.1 Å². The van der Waals surface area contributed by atoms with E-state index < -0.39 is 29.8 Å². The number of carbonyl (C=O) groups excluding carboxylic acids is 2. The number of hydrogen-bond acceptors (Lipinski definition) is 5. The molecule has 2 rings (SSSR count). The van der Waals surface area contributed by atoms with E-state index in [9.17, 15) is 24.6 Å². The molecule has 1 aromatic carbocycles. The molecule has 2 aromatic rings. The molecule has 0 saturated carbocycles. The Bertz CT molecular complexity index is 999. The Hall–Kier alpha value is -3.80. The van der Waals surface area contributed by atoms with Crippen molar-refractivity contribution >= 4 is 34.8 Å². The number of aliphatic hydroxyl groups is 1. The Morgan fingerprint density at radius 3 is 2.79 bits per heavy atom. The van der Waals surface area contributed by atoms with E-state index in [0.717, 1.165) is 0 Å². The number of aliphatic hydroxyl groups excluding tert-OH is 1. The van der Waals surface area contributed by atoms with Gasteiger partial charge < -0.3 is 26.0 Å². The Morgan fingerprint density at radius 2 is 2.14 bits per heavy atom. The fourth-order valence-corrected chi connectivity index (χ4v) is 2.72. The number of nitriles is 1. The zero-order chi connectivity index (χ0) is 20.7. The SMILES string of the molecule is N#Cc1cccc2c(CC(O)C(=O)NC(CCC(=O)C=[N+]=[N-])C(=O)O)c[nH]c12. The number of hydrogen-bond donors (Lipinski definition) is 4. The highest BCUT2D eigenvalue weighted by atomic mass is 16.4. The molecule has 4 N–H and O–H groups in total. The number of fused-ring (bicyclic) bond motifs is 1. The fourth-order valence-electron chi connectivity index (χ4n) is 2.72. The van der Waals surface area contributed by atoms with Crippen LogP contribution in [0, 0.1) is 11.3 Å². The summed E-state index contributed by atoms with van der Waals surface area (Å²) < 4.78 is 0. The van der Waals surface area contributed by atoms with Gasteiger partial charge in [-0.2, -0.15) is 10.1 Å². The number of aromatic amines is 1. The van der Waals surface area contributed by atoms with E-state index in [1.54, 1.807) is 24.4 Å². The number of carboxylic acid groups (broad SMARTS) is 1. The number of para-hydroxylation sites is 1. The summed E-state index contributed by atoms with van der Waals surface area (Å²) in [5.74, 6) is -2.86. The third kappa shape index (κ3) is 4.88. The Labute approximate surface area is 159 Å². The van der Waals surface area contributed by atoms with Gasteiger partial charge in [-0.25, -0.2) is 4.79 Å². The van der Waals surface area contributed by atoms with Gasteiger partial charge in [0, 0.05) is 24.4 Å². The van der Waals surface area contributed by atoms with Crippen LogP contribution in [0.4, 0.5) is 0 Å². The highest BCUT2D eigenvalue weighted by Gasteiger charge is 2.25. The highest BCUT2D eigenvalue weighted by molar-refractivity contribution is 6.25. The molecular weight excluding hydrogens is 366 g/mol. The molecule has 10 nitrogen and oxygen atoms in total. The van der Waals surface area contributed by atoms with Gasteiger partial charge in [-0.3, -0.25) is 9.59 Å². The zero-order valence-electron chi connectivity index (χ0n) is 14.6. The van der Waals surface area contributed by atoms with E-state index in [1.165, 1.54) is 0 Å². The Kier molecular flexibility index (Phi) is 6.76. The number of ketones is 1. The van der Waals surface area contributed by atoms with Gasteiger partial charge in [0.2, 0.25) is 11.7 Å². The molecule has 0 radical (unpaired) electrons. The number of nitrogens with zero attached hydrogens (tertiary/aromatic N) is 3. The third-order valence-electron chi connectivity index (χ3n) is 4.13. The third-order valence-corrected chi connectivity index (χ3v) is 4.13. The molecule has 28 heavy (non-hydrogen) atoms. The number of H-pyrrole nitrogens is 1. The van der Waals surface area contributed by atoms with Crippen LogP contribution < -0.4 is 5.32 Å². The molecule has 0 aliphatic rings. The van der Waals surface area contributed by atoms with Crippen molar-refractivity contribution in [2.45, 2.75) is 31.4 Å². The zero-order valence-corrected chi connectivity index (χ0v) is 14.6. The number of carboxylic acids is 1. The van der Waals surface area contributed by atoms with Crippen LogP contribution in [-0.4, -0.2) is 56.0 Å². The summed E-state index contributed by atoms with van der Waals surface area (Å²) in [6, 6.07) is 5.70. The van der Waals surface area contributed by atoms with Gasteiger partial charge in [0.05, 0.1) is 11.1 Å². The van der Waals surface area contributed by atoms with Crippen molar-refractivity contribution in [2.24, 2.45) is 0 Å². The van der Waals surface area contributed by atoms with E-state index in [0.29, 0.717) is 28.2 Å². The van der Waals surface area contributed by atoms with E-state index in [-0.39, 0.29) is 19.3 Å². The number of aromatic nitrogens is 1. The largest absolute Gasteiger partial charge is 0.480 e. The van der Waals surface area contributed by atoms with Crippen LogP contribution in [0.1, 0.15) is 24.0 Å². The first-order chi connectivity index (χ1) is 13.4. The van der Waals surface area contributed by atoms with Crippen LogP contribution in [0.5, 0.6) is 0 Å². The maximum absolute atomic E-state index is 12.2. The molecule has 0 bridgehead atoms. The van der Waals surface area contributed by atoms with Gasteiger partial charge >= 0.3 is 12.2 Å². The molecule has 1 amide bonds. The predicted octanol–water partition coefficient (Wildman–Crippen LogP) is 0.162. The van der Waals surface area contributed by atoms with Crippen LogP contribution in [0.15, 0.2) is 24.4 Å². The molecule has 10 heteroatoms. The van der Waals surface area contributed by atoms with Crippen molar-refractivity contribution in [1.82, 2.24) is 10.3 Å². The van der Waals surface area contributed by atoms with E-state index in [4.69, 9.17) is 10.8 Å². The summed E-state index contributed by atoms with van der Waals surface area (Å²) in [5.41, 5.74) is 9.87. The molecule has 0 fully saturated rings. The summed E-state index contributed by atoms with van der Waals surface area (Å²) in [6.07, 6.45) is 0.115. The first-order valence-corrected chi connectivity index (χ1v) is 8.28. The van der Waals surface area contributed by atoms with E-state index in [2.05, 4.69) is 15.1 Å². The van der Waals surface area contributed by atoms with E-state index in [1.807, 2.05) is 6.07 Å². The van der Waals surface area contributed by atoms with Gasteiger partial charge in [0.1, 0.15) is 18.2 Å². The quantitative estimate of drug-likeness (QED) is 0.272. The summed E-state index contributed by atoms with van der Waals surface area (Å²) in [6.45, 7) is 0. The molecule has 0 saturated heterocycles. The Balaban J connectivity index is 2.05. The van der Waals surface area contributed by atoms with Crippen molar-refractivity contribution in [3.8, 4) is 6.07 Å². The molecule has 1 aromatic heterocycles. The second kappa shape index (κ2) is 9.23. The molecule has 2 atom stereocenters. The number of nitrogens with one attached hydrogen (secondary N) is 2. The number of amides is 1. The number of rotatable bonds is 9. The second-order valence-corrected chi connectivity index (χ2v) is 6.02. The monoisotopic (exact) mass is 383 g/mol. The highest BCUT2D eigenvalue weighted by Crippen LogP contribution is 2.22. The van der Waals surface area contributed by atoms with Gasteiger partial charge in [0.25, 0.3) is 0 Å². The minimum absolute atomic E-state index is 0.0941. The van der Waals surface area contributed by atoms with Crippen LogP contribution in [-0.2, 0) is 20.8 Å². The van der Waals surface area contributed by atoms with Crippen LogP contribution in [0.25, 0.3) is 16.4 Å². The predicted molar refractivity (Wildman–Crippen MR) is 96.2 cm³/mol. The van der Waals surface area contributed by atoms with Gasteiger partial charge in [-0.1, -0.05) is 12.1 Å². The van der Waals surface area contributed by atoms with Crippen molar-refractivity contribution in [2.75, 3.05) is 0 Å². The molecule has 144 valence electrons. The smallest absolute Gasteiger partial charge is 0.326 e.